The molecule has 2 aromatic rings. The van der Waals surface area contributed by atoms with Crippen molar-refractivity contribution in [1.82, 2.24) is 20.5 Å². The highest BCUT2D eigenvalue weighted by Gasteiger charge is 2.54. The van der Waals surface area contributed by atoms with Gasteiger partial charge in [-0.3, -0.25) is 25.3 Å². The van der Waals surface area contributed by atoms with Crippen LogP contribution in [0.15, 0.2) is 54.9 Å². The Morgan fingerprint density at radius 3 is 2.88 bits per heavy atom. The molecule has 2 aliphatic heterocycles. The van der Waals surface area contributed by atoms with E-state index in [0.717, 1.165) is 11.3 Å². The van der Waals surface area contributed by atoms with Gasteiger partial charge >= 0.3 is 6.03 Å². The third-order valence-electron chi connectivity index (χ3n) is 5.66. The van der Waals surface area contributed by atoms with Gasteiger partial charge in [-0.25, -0.2) is 4.79 Å². The lowest BCUT2D eigenvalue weighted by atomic mass is 9.91. The molecule has 0 bridgehead atoms. The Bertz CT molecular complexity index is 1130. The minimum Gasteiger partial charge on any atom is -0.497 e. The fraction of sp³-hybridized carbons (Fsp3) is 0.261. The second-order valence-corrected chi connectivity index (χ2v) is 7.81. The normalized spacial score (nSPS) is 19.4. The first-order valence-corrected chi connectivity index (χ1v) is 10.5. The van der Waals surface area contributed by atoms with Crippen molar-refractivity contribution in [2.45, 2.75) is 18.5 Å². The number of ether oxygens (including phenoxy) is 1. The molecule has 0 radical (unpaired) electrons. The van der Waals surface area contributed by atoms with Crippen molar-refractivity contribution in [3.05, 3.63) is 66.0 Å². The molecule has 170 valence electrons. The molecule has 4 amide bonds. The maximum Gasteiger partial charge on any atom is 0.322 e. The number of carbonyl (C=O) groups excluding carboxylic acids is 3. The Balaban J connectivity index is 1.45. The molecule has 3 heterocycles. The molecule has 33 heavy (non-hydrogen) atoms. The molecular formula is C23H25N6O4+. The lowest BCUT2D eigenvalue weighted by Gasteiger charge is -2.27. The Morgan fingerprint density at radius 2 is 2.18 bits per heavy atom. The van der Waals surface area contributed by atoms with Crippen molar-refractivity contribution in [2.75, 3.05) is 25.5 Å². The van der Waals surface area contributed by atoms with Crippen molar-refractivity contribution in [1.29, 1.82) is 0 Å². The summed E-state index contributed by atoms with van der Waals surface area (Å²) in [5, 5.41) is 14.4. The molecule has 4 rings (SSSR count). The van der Waals surface area contributed by atoms with Gasteiger partial charge in [0, 0.05) is 37.1 Å². The Hall–Kier alpha value is -4.21. The molecule has 0 aliphatic carbocycles. The van der Waals surface area contributed by atoms with Crippen LogP contribution in [0.2, 0.25) is 0 Å². The maximum atomic E-state index is 13.0. The standard InChI is InChI=1S/C23H24N6O4/c1-33-17-8-7-15-13-29(20(30)18(15)11-17)14-23(21(31)27-22(32)28-23)19(24)6-2-3-10-26-16-5-4-9-25-12-16/h2,4-9,11-12,24,26H,3,10,13-14H2,1H3,(H2,27,28,31,32)/p+1/b6-2-,24-19?. The van der Waals surface area contributed by atoms with E-state index in [9.17, 15) is 14.4 Å². The Labute approximate surface area is 190 Å². The average molecular weight is 449 g/mol. The third kappa shape index (κ3) is 4.40. The zero-order valence-electron chi connectivity index (χ0n) is 18.1. The fourth-order valence-corrected chi connectivity index (χ4v) is 3.90. The number of nitrogens with one attached hydrogen (secondary N) is 3. The van der Waals surface area contributed by atoms with Crippen LogP contribution in [-0.2, 0) is 11.3 Å². The molecule has 5 N–H and O–H groups in total. The van der Waals surface area contributed by atoms with E-state index in [1.165, 1.54) is 12.0 Å². The van der Waals surface area contributed by atoms with Crippen LogP contribution in [0.5, 0.6) is 5.75 Å². The summed E-state index contributed by atoms with van der Waals surface area (Å²) >= 11 is 0. The number of carbonyl (C=O) groups is 3. The molecule has 0 spiro atoms. The van der Waals surface area contributed by atoms with Gasteiger partial charge in [-0.15, -0.1) is 0 Å². The number of nitrogens with two attached hydrogens (primary N) is 1. The van der Waals surface area contributed by atoms with Gasteiger partial charge in [0.05, 0.1) is 19.3 Å². The smallest absolute Gasteiger partial charge is 0.322 e. The van der Waals surface area contributed by atoms with Crippen molar-refractivity contribution >= 4 is 29.2 Å². The molecule has 10 nitrogen and oxygen atoms in total. The lowest BCUT2D eigenvalue weighted by molar-refractivity contribution is -0.132. The zero-order chi connectivity index (χ0) is 23.4. The largest absolute Gasteiger partial charge is 0.497 e. The summed E-state index contributed by atoms with van der Waals surface area (Å²) in [5.41, 5.74) is 0.812. The number of hydrogen-bond donors (Lipinski definition) is 4. The highest BCUT2D eigenvalue weighted by Crippen LogP contribution is 2.28. The van der Waals surface area contributed by atoms with E-state index in [2.05, 4.69) is 20.9 Å². The minimum absolute atomic E-state index is 0.0927. The van der Waals surface area contributed by atoms with E-state index in [0.29, 0.717) is 30.8 Å². The van der Waals surface area contributed by atoms with Gasteiger partial charge in [0.2, 0.25) is 11.3 Å². The van der Waals surface area contributed by atoms with Gasteiger partial charge < -0.3 is 20.3 Å². The molecule has 10 heteroatoms. The van der Waals surface area contributed by atoms with Gasteiger partial charge in [-0.1, -0.05) is 12.1 Å². The van der Waals surface area contributed by atoms with Crippen molar-refractivity contribution < 1.29 is 24.5 Å². The highest BCUT2D eigenvalue weighted by molar-refractivity contribution is 6.24. The van der Waals surface area contributed by atoms with E-state index in [4.69, 9.17) is 10.1 Å². The van der Waals surface area contributed by atoms with Crippen LogP contribution < -0.4 is 26.1 Å². The average Bonchev–Trinajstić information content (AvgIpc) is 3.29. The highest BCUT2D eigenvalue weighted by atomic mass is 16.5. The number of fused-ring (bicyclic) bond motifs is 1. The van der Waals surface area contributed by atoms with Gasteiger partial charge in [0.25, 0.3) is 11.8 Å². The molecule has 1 aromatic carbocycles. The summed E-state index contributed by atoms with van der Waals surface area (Å²) in [4.78, 5) is 43.3. The van der Waals surface area contributed by atoms with Crippen LogP contribution in [-0.4, -0.2) is 59.2 Å². The number of benzene rings is 1. The number of amides is 4. The number of aromatic nitrogens is 1. The first-order valence-electron chi connectivity index (χ1n) is 10.5. The molecule has 2 aliphatic rings. The lowest BCUT2D eigenvalue weighted by Crippen LogP contribution is -2.67. The van der Waals surface area contributed by atoms with Crippen LogP contribution in [0, 0.1) is 0 Å². The van der Waals surface area contributed by atoms with E-state index in [1.807, 2.05) is 24.3 Å². The minimum atomic E-state index is -1.55. The predicted molar refractivity (Wildman–Crippen MR) is 121 cm³/mol. The van der Waals surface area contributed by atoms with Crippen LogP contribution >= 0.6 is 0 Å². The van der Waals surface area contributed by atoms with Crippen LogP contribution in [0.25, 0.3) is 0 Å². The molecular weight excluding hydrogens is 424 g/mol. The number of urea groups is 1. The maximum absolute atomic E-state index is 13.0. The number of nitrogens with zero attached hydrogens (tertiary/aromatic N) is 2. The third-order valence-corrected chi connectivity index (χ3v) is 5.66. The number of methoxy groups -OCH3 is 1. The van der Waals surface area contributed by atoms with E-state index < -0.39 is 17.5 Å². The second-order valence-electron chi connectivity index (χ2n) is 7.81. The van der Waals surface area contributed by atoms with E-state index in [1.54, 1.807) is 30.6 Å². The van der Waals surface area contributed by atoms with E-state index in [-0.39, 0.29) is 18.2 Å². The second kappa shape index (κ2) is 9.11. The summed E-state index contributed by atoms with van der Waals surface area (Å²) in [6.07, 6.45) is 7.45. The number of hydrogen-bond acceptors (Lipinski definition) is 6. The van der Waals surface area contributed by atoms with Crippen LogP contribution in [0.3, 0.4) is 0 Å². The predicted octanol–water partition coefficient (Wildman–Crippen LogP) is -0.117. The first kappa shape index (κ1) is 22.0. The van der Waals surface area contributed by atoms with Gasteiger partial charge in [0.15, 0.2) is 0 Å². The van der Waals surface area contributed by atoms with Gasteiger partial charge in [0.1, 0.15) is 5.75 Å². The monoisotopic (exact) mass is 449 g/mol. The Kier molecular flexibility index (Phi) is 6.07. The fourth-order valence-electron chi connectivity index (χ4n) is 3.90. The number of imide groups is 1. The van der Waals surface area contributed by atoms with Crippen LogP contribution in [0.4, 0.5) is 10.5 Å². The molecule has 1 atom stereocenters. The SMILES string of the molecule is COc1ccc2c(c1)C(=O)N(CC1(C(=[NH2+])/C=C\CCNc3cccnc3)NC(=O)NC1=O)C2. The zero-order valence-corrected chi connectivity index (χ0v) is 18.1. The summed E-state index contributed by atoms with van der Waals surface area (Å²) < 4.78 is 5.20. The van der Waals surface area contributed by atoms with Crippen molar-refractivity contribution in [2.24, 2.45) is 0 Å². The molecule has 1 saturated heterocycles. The molecule has 0 saturated carbocycles. The quantitative estimate of drug-likeness (QED) is 0.239. The van der Waals surface area contributed by atoms with Crippen molar-refractivity contribution in [3.63, 3.8) is 0 Å². The Morgan fingerprint density at radius 1 is 1.33 bits per heavy atom. The topological polar surface area (TPSA) is 138 Å². The number of anilines is 1. The van der Waals surface area contributed by atoms with Gasteiger partial charge in [-0.2, -0.15) is 0 Å². The van der Waals surface area contributed by atoms with Crippen molar-refractivity contribution in [3.8, 4) is 5.75 Å². The summed E-state index contributed by atoms with van der Waals surface area (Å²) in [5.74, 6) is -0.279. The molecule has 1 unspecified atom stereocenters. The summed E-state index contributed by atoms with van der Waals surface area (Å²) in [6, 6.07) is 8.35. The van der Waals surface area contributed by atoms with Gasteiger partial charge in [-0.05, 0) is 36.2 Å². The number of rotatable bonds is 9. The number of pyridine rings is 1. The summed E-state index contributed by atoms with van der Waals surface area (Å²) in [7, 11) is 1.53. The van der Waals surface area contributed by atoms with E-state index >= 15 is 0 Å². The van der Waals surface area contributed by atoms with Crippen LogP contribution in [0.1, 0.15) is 22.3 Å². The summed E-state index contributed by atoms with van der Waals surface area (Å²) in [6.45, 7) is 0.836. The molecule has 1 aromatic heterocycles. The first-order chi connectivity index (χ1) is 15.9. The molecule has 1 fully saturated rings.